The first kappa shape index (κ1) is 26.7. The number of aromatic nitrogens is 1. The minimum Gasteiger partial charge on any atom is -0.403 e. The lowest BCUT2D eigenvalue weighted by Gasteiger charge is -2.38. The SMILES string of the molecule is C[C@@H]1C[C@H](O)c2cncc(N3CCN(C(=O)C(CNCC4CC4)c4ccc(OC(F)(F)F)c(F)c4)CC3)c21. The molecule has 7 nitrogen and oxygen atoms in total. The summed E-state index contributed by atoms with van der Waals surface area (Å²) in [6.45, 7) is 5.11. The van der Waals surface area contributed by atoms with Gasteiger partial charge in [0.05, 0.1) is 23.9 Å². The molecule has 5 rings (SSSR count). The van der Waals surface area contributed by atoms with Crippen molar-refractivity contribution in [2.75, 3.05) is 44.2 Å². The number of alkyl halides is 3. The number of nitrogens with zero attached hydrogens (tertiary/aromatic N) is 3. The average Bonchev–Trinajstić information content (AvgIpc) is 3.66. The Morgan fingerprint density at radius 2 is 1.95 bits per heavy atom. The van der Waals surface area contributed by atoms with Crippen molar-refractivity contribution in [2.45, 2.75) is 50.5 Å². The van der Waals surface area contributed by atoms with E-state index in [-0.39, 0.29) is 18.4 Å². The van der Waals surface area contributed by atoms with Crippen molar-refractivity contribution < 1.29 is 32.2 Å². The molecule has 0 spiro atoms. The molecule has 3 aliphatic rings. The first-order chi connectivity index (χ1) is 18.1. The highest BCUT2D eigenvalue weighted by molar-refractivity contribution is 5.84. The lowest BCUT2D eigenvalue weighted by Crippen LogP contribution is -2.51. The van der Waals surface area contributed by atoms with E-state index in [9.17, 15) is 27.5 Å². The molecule has 2 heterocycles. The van der Waals surface area contributed by atoms with E-state index in [2.05, 4.69) is 26.9 Å². The number of amides is 1. The Morgan fingerprint density at radius 1 is 1.21 bits per heavy atom. The quantitative estimate of drug-likeness (QED) is 0.495. The Balaban J connectivity index is 1.29. The van der Waals surface area contributed by atoms with Crippen molar-refractivity contribution in [1.29, 1.82) is 0 Å². The number of carbonyl (C=O) groups is 1. The lowest BCUT2D eigenvalue weighted by molar-refractivity contribution is -0.275. The van der Waals surface area contributed by atoms with Crippen LogP contribution in [0.5, 0.6) is 5.75 Å². The molecule has 0 bridgehead atoms. The van der Waals surface area contributed by atoms with Gasteiger partial charge in [0, 0.05) is 44.5 Å². The Kier molecular flexibility index (Phi) is 7.50. The zero-order chi connectivity index (χ0) is 27.0. The number of anilines is 1. The van der Waals surface area contributed by atoms with E-state index in [1.165, 1.54) is 6.07 Å². The maximum atomic E-state index is 14.5. The van der Waals surface area contributed by atoms with Crippen molar-refractivity contribution in [3.05, 3.63) is 53.1 Å². The average molecular weight is 537 g/mol. The summed E-state index contributed by atoms with van der Waals surface area (Å²) in [5.74, 6) is -2.25. The number of rotatable bonds is 8. The molecule has 1 aliphatic heterocycles. The number of piperazine rings is 1. The van der Waals surface area contributed by atoms with Crippen LogP contribution in [0.1, 0.15) is 60.8 Å². The van der Waals surface area contributed by atoms with Crippen LogP contribution < -0.4 is 15.0 Å². The molecule has 2 aromatic rings. The van der Waals surface area contributed by atoms with Crippen LogP contribution in [0.4, 0.5) is 23.2 Å². The van der Waals surface area contributed by atoms with Crippen LogP contribution in [0.25, 0.3) is 0 Å². The summed E-state index contributed by atoms with van der Waals surface area (Å²) in [4.78, 5) is 21.9. The third kappa shape index (κ3) is 5.88. The molecule has 2 fully saturated rings. The van der Waals surface area contributed by atoms with E-state index in [0.29, 0.717) is 44.1 Å². The number of aliphatic hydroxyl groups is 1. The highest BCUT2D eigenvalue weighted by Gasteiger charge is 2.35. The number of hydrogen-bond donors (Lipinski definition) is 2. The molecule has 1 saturated carbocycles. The first-order valence-corrected chi connectivity index (χ1v) is 13.1. The van der Waals surface area contributed by atoms with Gasteiger partial charge in [0.25, 0.3) is 0 Å². The topological polar surface area (TPSA) is 77.9 Å². The van der Waals surface area contributed by atoms with Gasteiger partial charge in [-0.05, 0) is 60.9 Å². The van der Waals surface area contributed by atoms with Gasteiger partial charge in [0.2, 0.25) is 5.91 Å². The number of benzene rings is 1. The van der Waals surface area contributed by atoms with E-state index in [1.54, 1.807) is 11.1 Å². The Hall–Kier alpha value is -2.92. The van der Waals surface area contributed by atoms with Crippen molar-refractivity contribution >= 4 is 11.6 Å². The van der Waals surface area contributed by atoms with Crippen LogP contribution in [0, 0.1) is 11.7 Å². The van der Waals surface area contributed by atoms with Gasteiger partial charge in [-0.3, -0.25) is 9.78 Å². The lowest BCUT2D eigenvalue weighted by atomic mass is 9.96. The molecule has 1 unspecified atom stereocenters. The Morgan fingerprint density at radius 3 is 2.61 bits per heavy atom. The zero-order valence-electron chi connectivity index (χ0n) is 21.2. The van der Waals surface area contributed by atoms with Crippen LogP contribution in [-0.4, -0.2) is 66.5 Å². The number of ether oxygens (including phenoxy) is 1. The van der Waals surface area contributed by atoms with Crippen LogP contribution in [0.3, 0.4) is 0 Å². The summed E-state index contributed by atoms with van der Waals surface area (Å²) in [6.07, 6.45) is 0.906. The summed E-state index contributed by atoms with van der Waals surface area (Å²) in [7, 11) is 0. The number of pyridine rings is 1. The number of halogens is 4. The van der Waals surface area contributed by atoms with E-state index < -0.39 is 30.0 Å². The molecule has 1 aromatic heterocycles. The highest BCUT2D eigenvalue weighted by Crippen LogP contribution is 2.44. The molecule has 0 radical (unpaired) electrons. The van der Waals surface area contributed by atoms with Crippen LogP contribution in [0.2, 0.25) is 0 Å². The molecular weight excluding hydrogens is 504 g/mol. The molecule has 2 N–H and O–H groups in total. The molecule has 206 valence electrons. The summed E-state index contributed by atoms with van der Waals surface area (Å²) >= 11 is 0. The number of carbonyl (C=O) groups excluding carboxylic acids is 1. The number of aliphatic hydroxyl groups excluding tert-OH is 1. The van der Waals surface area contributed by atoms with Gasteiger partial charge in [-0.25, -0.2) is 4.39 Å². The molecule has 1 aromatic carbocycles. The van der Waals surface area contributed by atoms with Gasteiger partial charge in [-0.1, -0.05) is 13.0 Å². The van der Waals surface area contributed by atoms with E-state index in [1.807, 2.05) is 6.20 Å². The van der Waals surface area contributed by atoms with Gasteiger partial charge in [0.15, 0.2) is 11.6 Å². The number of hydrogen-bond acceptors (Lipinski definition) is 6. The third-order valence-corrected chi connectivity index (χ3v) is 7.72. The van der Waals surface area contributed by atoms with E-state index in [0.717, 1.165) is 48.3 Å². The zero-order valence-corrected chi connectivity index (χ0v) is 21.2. The predicted molar refractivity (Wildman–Crippen MR) is 132 cm³/mol. The van der Waals surface area contributed by atoms with Gasteiger partial charge >= 0.3 is 6.36 Å². The fraction of sp³-hybridized carbons (Fsp3) is 0.556. The summed E-state index contributed by atoms with van der Waals surface area (Å²) in [5, 5.41) is 13.6. The Labute approximate surface area is 218 Å². The second-order valence-corrected chi connectivity index (χ2v) is 10.5. The standard InChI is InChI=1S/C27H32F4N4O3/c1-16-10-23(36)20-14-33-15-22(25(16)20)34-6-8-35(9-7-34)26(37)19(13-32-12-17-2-3-17)18-4-5-24(21(28)11-18)38-27(29,30)31/h4-5,11,14-17,19,23,32,36H,2-3,6-10,12-13H2,1H3/t16-,19?,23+/m1/s1. The Bertz CT molecular complexity index is 1170. The van der Waals surface area contributed by atoms with Crippen LogP contribution in [-0.2, 0) is 4.79 Å². The van der Waals surface area contributed by atoms with Crippen molar-refractivity contribution in [2.24, 2.45) is 5.92 Å². The second-order valence-electron chi connectivity index (χ2n) is 10.5. The van der Waals surface area contributed by atoms with Crippen LogP contribution >= 0.6 is 0 Å². The largest absolute Gasteiger partial charge is 0.573 e. The van der Waals surface area contributed by atoms with Crippen molar-refractivity contribution in [3.63, 3.8) is 0 Å². The summed E-state index contributed by atoms with van der Waals surface area (Å²) in [6, 6.07) is 3.22. The molecule has 2 aliphatic carbocycles. The highest BCUT2D eigenvalue weighted by atomic mass is 19.4. The van der Waals surface area contributed by atoms with Crippen molar-refractivity contribution in [3.8, 4) is 5.75 Å². The molecule has 1 amide bonds. The van der Waals surface area contributed by atoms with Gasteiger partial charge < -0.3 is 25.0 Å². The maximum absolute atomic E-state index is 14.5. The van der Waals surface area contributed by atoms with E-state index in [4.69, 9.17) is 0 Å². The monoisotopic (exact) mass is 536 g/mol. The fourth-order valence-corrected chi connectivity index (χ4v) is 5.54. The molecule has 3 atom stereocenters. The third-order valence-electron chi connectivity index (χ3n) is 7.72. The summed E-state index contributed by atoms with van der Waals surface area (Å²) in [5.41, 5.74) is 3.24. The van der Waals surface area contributed by atoms with Gasteiger partial charge in [-0.15, -0.1) is 13.2 Å². The van der Waals surface area contributed by atoms with Crippen LogP contribution in [0.15, 0.2) is 30.6 Å². The number of fused-ring (bicyclic) bond motifs is 1. The first-order valence-electron chi connectivity index (χ1n) is 13.1. The van der Waals surface area contributed by atoms with E-state index >= 15 is 0 Å². The predicted octanol–water partition coefficient (Wildman–Crippen LogP) is 4.09. The smallest absolute Gasteiger partial charge is 0.403 e. The molecule has 38 heavy (non-hydrogen) atoms. The maximum Gasteiger partial charge on any atom is 0.573 e. The van der Waals surface area contributed by atoms with Gasteiger partial charge in [-0.2, -0.15) is 0 Å². The number of nitrogens with one attached hydrogen (secondary N) is 1. The van der Waals surface area contributed by atoms with Gasteiger partial charge in [0.1, 0.15) is 0 Å². The minimum atomic E-state index is -5.01. The second kappa shape index (κ2) is 10.7. The summed E-state index contributed by atoms with van der Waals surface area (Å²) < 4.78 is 56.0. The molecule has 1 saturated heterocycles. The van der Waals surface area contributed by atoms with Crippen molar-refractivity contribution in [1.82, 2.24) is 15.2 Å². The normalized spacial score (nSPS) is 22.4. The minimum absolute atomic E-state index is 0.197. The molecule has 11 heteroatoms. The fourth-order valence-electron chi connectivity index (χ4n) is 5.54. The molecular formula is C27H32F4N4O3.